The molecule has 1 aliphatic carbocycles. The number of piperidine rings is 1. The zero-order chi connectivity index (χ0) is 32.3. The highest BCUT2D eigenvalue weighted by Gasteiger charge is 2.39. The van der Waals surface area contributed by atoms with Gasteiger partial charge >= 0.3 is 5.97 Å². The van der Waals surface area contributed by atoms with Gasteiger partial charge in [-0.25, -0.2) is 0 Å². The molecule has 2 heterocycles. The third kappa shape index (κ3) is 10.9. The van der Waals surface area contributed by atoms with E-state index in [-0.39, 0.29) is 76.0 Å². The van der Waals surface area contributed by atoms with E-state index in [2.05, 4.69) is 20.5 Å². The molecule has 44 heavy (non-hydrogen) atoms. The fourth-order valence-electron chi connectivity index (χ4n) is 5.07. The normalized spacial score (nSPS) is 20.4. The van der Waals surface area contributed by atoms with Crippen molar-refractivity contribution in [2.24, 2.45) is 16.8 Å². The number of nitrogens with zero attached hydrogens (tertiary/aromatic N) is 4. The number of nitrogens with two attached hydrogens (primary N) is 1. The van der Waals surface area contributed by atoms with Crippen molar-refractivity contribution >= 4 is 45.6 Å². The smallest absolute Gasteiger partial charge is 0.303 e. The third-order valence-electron chi connectivity index (χ3n) is 7.60. The highest BCUT2D eigenvalue weighted by Crippen LogP contribution is 2.27. The molecule has 18 nitrogen and oxygen atoms in total. The molecule has 3 amide bonds. The SMILES string of the molecule is N=C(N)N1CCC[C@@H](CNC(=O)C[C@H](NS(=O)(=O)N2CCOCC2)C(=O)N(CCNC(=O)/C(CCC(=O)O)=N\O)C2CC2)C1. The Morgan fingerprint density at radius 1 is 1.09 bits per heavy atom. The van der Waals surface area contributed by atoms with Crippen molar-refractivity contribution in [3.8, 4) is 0 Å². The molecule has 1 saturated carbocycles. The molecule has 2 aliphatic heterocycles. The van der Waals surface area contributed by atoms with Crippen molar-refractivity contribution in [3.63, 3.8) is 0 Å². The number of carboxylic acids is 1. The monoisotopic (exact) mass is 645 g/mol. The number of hydrogen-bond acceptors (Lipinski definition) is 10. The van der Waals surface area contributed by atoms with Crippen molar-refractivity contribution in [2.45, 2.75) is 57.0 Å². The Hall–Kier alpha value is -3.55. The number of rotatable bonds is 16. The van der Waals surface area contributed by atoms with Crippen molar-refractivity contribution < 1.29 is 42.6 Å². The molecule has 2 atom stereocenters. The van der Waals surface area contributed by atoms with E-state index in [1.54, 1.807) is 4.90 Å². The van der Waals surface area contributed by atoms with Gasteiger partial charge in [0, 0.05) is 58.3 Å². The molecular weight excluding hydrogens is 602 g/mol. The molecule has 3 aliphatic rings. The minimum atomic E-state index is -4.16. The number of guanidine groups is 1. The van der Waals surface area contributed by atoms with Crippen LogP contribution in [0.2, 0.25) is 0 Å². The summed E-state index contributed by atoms with van der Waals surface area (Å²) >= 11 is 0. The number of ether oxygens (including phenoxy) is 1. The Morgan fingerprint density at radius 3 is 2.41 bits per heavy atom. The van der Waals surface area contributed by atoms with E-state index in [4.69, 9.17) is 26.2 Å². The average Bonchev–Trinajstić information content (AvgIpc) is 3.84. The molecule has 0 bridgehead atoms. The van der Waals surface area contributed by atoms with Crippen LogP contribution in [-0.2, 0) is 34.1 Å². The predicted octanol–water partition coefficient (Wildman–Crippen LogP) is -2.56. The first kappa shape index (κ1) is 34.9. The van der Waals surface area contributed by atoms with Gasteiger partial charge in [0.1, 0.15) is 11.8 Å². The number of carbonyl (C=O) groups is 4. The number of carboxylic acid groups (broad SMARTS) is 1. The van der Waals surface area contributed by atoms with Crippen molar-refractivity contribution in [2.75, 3.05) is 59.0 Å². The summed E-state index contributed by atoms with van der Waals surface area (Å²) < 4.78 is 35.2. The lowest BCUT2D eigenvalue weighted by molar-refractivity contribution is -0.137. The quantitative estimate of drug-likeness (QED) is 0.0397. The van der Waals surface area contributed by atoms with Gasteiger partial charge in [-0.2, -0.15) is 17.4 Å². The lowest BCUT2D eigenvalue weighted by Gasteiger charge is -2.33. The summed E-state index contributed by atoms with van der Waals surface area (Å²) in [5.41, 5.74) is 5.22. The second kappa shape index (κ2) is 16.5. The molecule has 0 aromatic carbocycles. The number of likely N-dealkylation sites (tertiary alicyclic amines) is 1. The molecule has 248 valence electrons. The molecule has 0 radical (unpaired) electrons. The van der Waals surface area contributed by atoms with Crippen molar-refractivity contribution in [1.82, 2.24) is 29.5 Å². The minimum Gasteiger partial charge on any atom is -0.481 e. The number of amides is 3. The second-order valence-electron chi connectivity index (χ2n) is 11.0. The van der Waals surface area contributed by atoms with E-state index < -0.39 is 52.8 Å². The van der Waals surface area contributed by atoms with Crippen LogP contribution in [0.15, 0.2) is 5.16 Å². The van der Waals surface area contributed by atoms with Crippen LogP contribution in [-0.4, -0.2) is 139 Å². The van der Waals surface area contributed by atoms with E-state index in [0.29, 0.717) is 25.9 Å². The summed E-state index contributed by atoms with van der Waals surface area (Å²) in [6.45, 7) is 1.89. The fourth-order valence-corrected chi connectivity index (χ4v) is 6.39. The maximum absolute atomic E-state index is 13.8. The third-order valence-corrected chi connectivity index (χ3v) is 9.23. The van der Waals surface area contributed by atoms with Gasteiger partial charge in [-0.05, 0) is 31.6 Å². The first-order valence-electron chi connectivity index (χ1n) is 14.6. The Labute approximate surface area is 256 Å². The van der Waals surface area contributed by atoms with E-state index in [9.17, 15) is 27.6 Å². The topological polar surface area (TPSA) is 260 Å². The molecule has 2 saturated heterocycles. The maximum atomic E-state index is 13.8. The standard InChI is InChI=1S/C25H43N9O9S/c26-25(27)32-8-1-2-17(16-32)15-29-21(35)14-20(31-44(41,42)33-10-12-43-13-11-33)24(39)34(18-3-4-18)9-7-28-23(38)19(30-40)5-6-22(36)37/h17-18,20,31,40H,1-16H2,(H3,26,27)(H,28,38)(H,29,35)(H,36,37)/b30-19-/t17-,20-/m0/s1. The summed E-state index contributed by atoms with van der Waals surface area (Å²) in [6, 6.07) is -1.64. The van der Waals surface area contributed by atoms with Crippen LogP contribution in [0.4, 0.5) is 0 Å². The van der Waals surface area contributed by atoms with Crippen LogP contribution in [0.5, 0.6) is 0 Å². The Morgan fingerprint density at radius 2 is 1.80 bits per heavy atom. The Kier molecular flexibility index (Phi) is 13.1. The summed E-state index contributed by atoms with van der Waals surface area (Å²) in [6.07, 6.45) is 1.77. The summed E-state index contributed by atoms with van der Waals surface area (Å²) in [5.74, 6) is -3.14. The first-order valence-corrected chi connectivity index (χ1v) is 16.1. The number of aliphatic carboxylic acids is 1. The van der Waals surface area contributed by atoms with Crippen molar-refractivity contribution in [3.05, 3.63) is 0 Å². The molecule has 8 N–H and O–H groups in total. The summed E-state index contributed by atoms with van der Waals surface area (Å²) in [5, 5.41) is 33.7. The number of nitrogens with one attached hydrogen (secondary N) is 4. The van der Waals surface area contributed by atoms with Crippen LogP contribution in [0.1, 0.15) is 44.9 Å². The van der Waals surface area contributed by atoms with E-state index in [1.807, 2.05) is 0 Å². The fraction of sp³-hybridized carbons (Fsp3) is 0.760. The second-order valence-corrected chi connectivity index (χ2v) is 12.7. The van der Waals surface area contributed by atoms with Gasteiger partial charge < -0.3 is 41.2 Å². The first-order chi connectivity index (χ1) is 20.9. The van der Waals surface area contributed by atoms with Crippen LogP contribution < -0.4 is 21.1 Å². The molecule has 0 spiro atoms. The van der Waals surface area contributed by atoms with Crippen LogP contribution >= 0.6 is 0 Å². The van der Waals surface area contributed by atoms with Gasteiger partial charge in [-0.15, -0.1) is 0 Å². The van der Waals surface area contributed by atoms with Gasteiger partial charge in [0.15, 0.2) is 5.96 Å². The molecule has 0 aromatic rings. The maximum Gasteiger partial charge on any atom is 0.303 e. The van der Waals surface area contributed by atoms with Gasteiger partial charge in [0.05, 0.1) is 26.1 Å². The number of morpholine rings is 1. The highest BCUT2D eigenvalue weighted by atomic mass is 32.2. The van der Waals surface area contributed by atoms with Crippen LogP contribution in [0.3, 0.4) is 0 Å². The number of carbonyl (C=O) groups excluding carboxylic acids is 3. The lowest BCUT2D eigenvalue weighted by atomic mass is 9.98. The summed E-state index contributed by atoms with van der Waals surface area (Å²) in [7, 11) is -4.16. The van der Waals surface area contributed by atoms with Crippen molar-refractivity contribution in [1.29, 1.82) is 5.41 Å². The zero-order valence-corrected chi connectivity index (χ0v) is 25.4. The van der Waals surface area contributed by atoms with Crippen LogP contribution in [0.25, 0.3) is 0 Å². The predicted molar refractivity (Wildman–Crippen MR) is 156 cm³/mol. The number of hydrogen-bond donors (Lipinski definition) is 7. The summed E-state index contributed by atoms with van der Waals surface area (Å²) in [4.78, 5) is 53.1. The molecular formula is C25H43N9O9S. The Bertz CT molecular complexity index is 1190. The highest BCUT2D eigenvalue weighted by molar-refractivity contribution is 7.87. The van der Waals surface area contributed by atoms with E-state index in [1.165, 1.54) is 4.90 Å². The largest absolute Gasteiger partial charge is 0.481 e. The average molecular weight is 646 g/mol. The molecule has 0 aromatic heterocycles. The minimum absolute atomic E-state index is 0.0206. The van der Waals surface area contributed by atoms with E-state index in [0.717, 1.165) is 17.1 Å². The number of oxime groups is 1. The van der Waals surface area contributed by atoms with Gasteiger partial charge in [0.25, 0.3) is 16.1 Å². The molecule has 3 rings (SSSR count). The molecule has 3 fully saturated rings. The van der Waals surface area contributed by atoms with Gasteiger partial charge in [-0.1, -0.05) is 5.16 Å². The molecule has 0 unspecified atom stereocenters. The molecule has 19 heteroatoms. The lowest BCUT2D eigenvalue weighted by Crippen LogP contribution is -2.56. The van der Waals surface area contributed by atoms with Gasteiger partial charge in [-0.3, -0.25) is 24.6 Å². The van der Waals surface area contributed by atoms with E-state index >= 15 is 0 Å². The van der Waals surface area contributed by atoms with Gasteiger partial charge in [0.2, 0.25) is 11.8 Å². The van der Waals surface area contributed by atoms with Crippen LogP contribution in [0, 0.1) is 11.3 Å². The Balaban J connectivity index is 1.66. The zero-order valence-electron chi connectivity index (χ0n) is 24.6.